The molecule has 0 saturated heterocycles. The summed E-state index contributed by atoms with van der Waals surface area (Å²) < 4.78 is 0. The van der Waals surface area contributed by atoms with Crippen LogP contribution in [0.15, 0.2) is 24.3 Å². The highest BCUT2D eigenvalue weighted by atomic mass is 35.5. The molecule has 3 N–H and O–H groups in total. The second-order valence-electron chi connectivity index (χ2n) is 4.99. The van der Waals surface area contributed by atoms with Crippen LogP contribution in [0.2, 0.25) is 5.02 Å². The molecule has 0 bridgehead atoms. The quantitative estimate of drug-likeness (QED) is 0.842. The van der Waals surface area contributed by atoms with Gasteiger partial charge in [-0.1, -0.05) is 23.7 Å². The Morgan fingerprint density at radius 1 is 1.28 bits per heavy atom. The molecule has 0 aliphatic heterocycles. The number of halogens is 1. The largest absolute Gasteiger partial charge is 0.349 e. The second-order valence-corrected chi connectivity index (χ2v) is 5.42. The van der Waals surface area contributed by atoms with Crippen molar-refractivity contribution in [2.45, 2.75) is 45.8 Å². The predicted octanol–water partition coefficient (Wildman–Crippen LogP) is 1.88. The summed E-state index contributed by atoms with van der Waals surface area (Å²) in [5.74, 6) is 0.0684. The highest BCUT2D eigenvalue weighted by Gasteiger charge is 2.20. The molecule has 0 aliphatic rings. The van der Waals surface area contributed by atoms with Crippen LogP contribution in [0, 0.1) is 0 Å². The molecule has 0 unspecified atom stereocenters. The Balaban J connectivity index is 2.59. The van der Waals surface area contributed by atoms with Crippen molar-refractivity contribution >= 4 is 17.5 Å². The first kappa shape index (κ1) is 15.0. The van der Waals surface area contributed by atoms with Gasteiger partial charge in [-0.2, -0.15) is 0 Å². The summed E-state index contributed by atoms with van der Waals surface area (Å²) in [5.41, 5.74) is 1.13. The first-order valence-electron chi connectivity index (χ1n) is 6.31. The van der Waals surface area contributed by atoms with Crippen LogP contribution in [0.5, 0.6) is 0 Å². The molecular weight excluding hydrogens is 248 g/mol. The zero-order valence-corrected chi connectivity index (χ0v) is 12.2. The normalized spacial score (nSPS) is 14.3. The van der Waals surface area contributed by atoms with E-state index in [0.717, 1.165) is 10.6 Å². The molecule has 1 aromatic carbocycles. The molecule has 0 radical (unpaired) electrons. The van der Waals surface area contributed by atoms with Gasteiger partial charge in [-0.05, 0) is 39.8 Å². The van der Waals surface area contributed by atoms with Gasteiger partial charge in [0.25, 0.3) is 5.91 Å². The fraction of sp³-hybridized carbons (Fsp3) is 0.500. The molecule has 4 heteroatoms. The highest BCUT2D eigenvalue weighted by Crippen LogP contribution is 2.14. The van der Waals surface area contributed by atoms with Crippen LogP contribution in [0.4, 0.5) is 0 Å². The van der Waals surface area contributed by atoms with Crippen molar-refractivity contribution in [1.29, 1.82) is 0 Å². The Morgan fingerprint density at radius 3 is 2.50 bits per heavy atom. The van der Waals surface area contributed by atoms with E-state index in [1.165, 1.54) is 0 Å². The first-order valence-corrected chi connectivity index (χ1v) is 6.68. The molecule has 2 atom stereocenters. The lowest BCUT2D eigenvalue weighted by Gasteiger charge is -2.18. The summed E-state index contributed by atoms with van der Waals surface area (Å²) in [6, 6.07) is 8.02. The molecule has 0 aromatic heterocycles. The number of hydrogen-bond acceptors (Lipinski definition) is 1. The minimum Gasteiger partial charge on any atom is -0.349 e. The van der Waals surface area contributed by atoms with Crippen LogP contribution in [-0.2, 0) is 4.79 Å². The number of nitrogens with one attached hydrogen (secondary N) is 1. The molecule has 1 amide bonds. The van der Waals surface area contributed by atoms with Gasteiger partial charge in [0.1, 0.15) is 6.04 Å². The maximum absolute atomic E-state index is 11.8. The Hall–Kier alpha value is -1.06. The molecule has 1 aromatic rings. The van der Waals surface area contributed by atoms with Crippen molar-refractivity contribution in [1.82, 2.24) is 5.32 Å². The van der Waals surface area contributed by atoms with E-state index in [1.54, 1.807) is 0 Å². The van der Waals surface area contributed by atoms with Crippen LogP contribution in [0.3, 0.4) is 0 Å². The SMILES string of the molecule is CC(C)NC(=O)[C@H](C)[NH2+][C@@H](C)c1cccc(Cl)c1. The van der Waals surface area contributed by atoms with Crippen LogP contribution in [0.25, 0.3) is 0 Å². The van der Waals surface area contributed by atoms with Gasteiger partial charge in [-0.25, -0.2) is 0 Å². The summed E-state index contributed by atoms with van der Waals surface area (Å²) in [6.45, 7) is 7.92. The van der Waals surface area contributed by atoms with Gasteiger partial charge in [0, 0.05) is 16.6 Å². The lowest BCUT2D eigenvalue weighted by atomic mass is 10.1. The molecule has 18 heavy (non-hydrogen) atoms. The second kappa shape index (κ2) is 6.76. The summed E-state index contributed by atoms with van der Waals surface area (Å²) >= 11 is 5.96. The number of nitrogens with two attached hydrogens (primary N) is 1. The zero-order chi connectivity index (χ0) is 13.7. The fourth-order valence-electron chi connectivity index (χ4n) is 1.84. The van der Waals surface area contributed by atoms with E-state index in [4.69, 9.17) is 11.6 Å². The first-order chi connectivity index (χ1) is 8.40. The number of hydrogen-bond donors (Lipinski definition) is 2. The average Bonchev–Trinajstić information content (AvgIpc) is 2.27. The molecule has 1 rings (SSSR count). The molecule has 0 aliphatic carbocycles. The third-order valence-electron chi connectivity index (χ3n) is 2.80. The molecule has 0 heterocycles. The smallest absolute Gasteiger partial charge is 0.278 e. The molecule has 0 saturated carbocycles. The molecule has 0 spiro atoms. The monoisotopic (exact) mass is 269 g/mol. The number of quaternary nitrogens is 1. The van der Waals surface area contributed by atoms with E-state index in [-0.39, 0.29) is 24.0 Å². The van der Waals surface area contributed by atoms with E-state index >= 15 is 0 Å². The Bertz CT molecular complexity index is 407. The minimum atomic E-state index is -0.110. The molecule has 3 nitrogen and oxygen atoms in total. The van der Waals surface area contributed by atoms with Gasteiger partial charge < -0.3 is 10.6 Å². The Kier molecular flexibility index (Phi) is 5.63. The van der Waals surface area contributed by atoms with Crippen molar-refractivity contribution in [3.05, 3.63) is 34.9 Å². The summed E-state index contributed by atoms with van der Waals surface area (Å²) in [5, 5.41) is 5.69. The Morgan fingerprint density at radius 2 is 1.94 bits per heavy atom. The minimum absolute atomic E-state index is 0.0684. The third-order valence-corrected chi connectivity index (χ3v) is 3.03. The van der Waals surface area contributed by atoms with Crippen LogP contribution in [-0.4, -0.2) is 18.0 Å². The number of carbonyl (C=O) groups is 1. The highest BCUT2D eigenvalue weighted by molar-refractivity contribution is 6.30. The molecular formula is C14H22ClN2O+. The standard InChI is InChI=1S/C14H21ClN2O/c1-9(2)16-14(18)11(4)17-10(3)12-6-5-7-13(15)8-12/h5-11,17H,1-4H3,(H,16,18)/p+1/t10-,11-/m0/s1. The van der Waals surface area contributed by atoms with E-state index < -0.39 is 0 Å². The van der Waals surface area contributed by atoms with E-state index in [9.17, 15) is 4.79 Å². The van der Waals surface area contributed by atoms with E-state index in [1.807, 2.05) is 50.4 Å². The predicted molar refractivity (Wildman–Crippen MR) is 74.5 cm³/mol. The van der Waals surface area contributed by atoms with Gasteiger partial charge >= 0.3 is 0 Å². The van der Waals surface area contributed by atoms with Crippen molar-refractivity contribution in [2.75, 3.05) is 0 Å². The average molecular weight is 270 g/mol. The third kappa shape index (κ3) is 4.67. The van der Waals surface area contributed by atoms with Gasteiger partial charge in [0.15, 0.2) is 6.04 Å². The number of rotatable bonds is 5. The maximum Gasteiger partial charge on any atom is 0.278 e. The Labute approximate surface area is 114 Å². The summed E-state index contributed by atoms with van der Waals surface area (Å²) in [6.07, 6.45) is 0. The number of benzene rings is 1. The number of carbonyl (C=O) groups excluding carboxylic acids is 1. The summed E-state index contributed by atoms with van der Waals surface area (Å²) in [7, 11) is 0. The van der Waals surface area contributed by atoms with E-state index in [2.05, 4.69) is 12.2 Å². The van der Waals surface area contributed by atoms with Crippen molar-refractivity contribution < 1.29 is 10.1 Å². The zero-order valence-electron chi connectivity index (χ0n) is 11.4. The maximum atomic E-state index is 11.8. The van der Waals surface area contributed by atoms with Crippen molar-refractivity contribution in [2.24, 2.45) is 0 Å². The van der Waals surface area contributed by atoms with Gasteiger partial charge in [0.2, 0.25) is 0 Å². The van der Waals surface area contributed by atoms with Crippen molar-refractivity contribution in [3.8, 4) is 0 Å². The lowest BCUT2D eigenvalue weighted by molar-refractivity contribution is -0.710. The molecule has 0 fully saturated rings. The topological polar surface area (TPSA) is 45.7 Å². The van der Waals surface area contributed by atoms with Gasteiger partial charge in [-0.3, -0.25) is 4.79 Å². The van der Waals surface area contributed by atoms with E-state index in [0.29, 0.717) is 0 Å². The van der Waals surface area contributed by atoms with Gasteiger partial charge in [-0.15, -0.1) is 0 Å². The fourth-order valence-corrected chi connectivity index (χ4v) is 2.04. The number of amides is 1. The summed E-state index contributed by atoms with van der Waals surface area (Å²) in [4.78, 5) is 11.8. The molecule has 100 valence electrons. The van der Waals surface area contributed by atoms with Gasteiger partial charge in [0.05, 0.1) is 0 Å². The van der Waals surface area contributed by atoms with Crippen molar-refractivity contribution in [3.63, 3.8) is 0 Å². The van der Waals surface area contributed by atoms with Crippen LogP contribution < -0.4 is 10.6 Å². The lowest BCUT2D eigenvalue weighted by Crippen LogP contribution is -2.92. The van der Waals surface area contributed by atoms with Crippen LogP contribution >= 0.6 is 11.6 Å². The van der Waals surface area contributed by atoms with Crippen LogP contribution in [0.1, 0.15) is 39.3 Å².